The molecule has 1 unspecified atom stereocenters. The first-order valence-corrected chi connectivity index (χ1v) is 8.54. The van der Waals surface area contributed by atoms with Gasteiger partial charge in [0.25, 0.3) is 0 Å². The van der Waals surface area contributed by atoms with E-state index >= 15 is 0 Å². The minimum Gasteiger partial charge on any atom is -0.306 e. The molecule has 1 aliphatic heterocycles. The van der Waals surface area contributed by atoms with Crippen molar-refractivity contribution >= 4 is 11.8 Å². The fourth-order valence-electron chi connectivity index (χ4n) is 3.52. The summed E-state index contributed by atoms with van der Waals surface area (Å²) in [5.41, 5.74) is 4.06. The Labute approximate surface area is 129 Å². The predicted molar refractivity (Wildman–Crippen MR) is 85.3 cm³/mol. The molecule has 0 bridgehead atoms. The van der Waals surface area contributed by atoms with Gasteiger partial charge in [-0.05, 0) is 47.8 Å². The number of hydrogen-bond acceptors (Lipinski definition) is 2. The van der Waals surface area contributed by atoms with Crippen molar-refractivity contribution < 1.29 is 4.39 Å². The summed E-state index contributed by atoms with van der Waals surface area (Å²) in [4.78, 5) is 0.844. The Balaban J connectivity index is 1.54. The second-order valence-electron chi connectivity index (χ2n) is 5.89. The molecule has 4 rings (SSSR count). The Bertz CT molecular complexity index is 645. The summed E-state index contributed by atoms with van der Waals surface area (Å²) in [6.45, 7) is 0. The van der Waals surface area contributed by atoms with Crippen LogP contribution in [0.5, 0.6) is 0 Å². The van der Waals surface area contributed by atoms with Gasteiger partial charge in [0.2, 0.25) is 0 Å². The van der Waals surface area contributed by atoms with E-state index in [4.69, 9.17) is 0 Å². The van der Waals surface area contributed by atoms with Crippen molar-refractivity contribution in [2.45, 2.75) is 36.2 Å². The van der Waals surface area contributed by atoms with E-state index < -0.39 is 0 Å². The van der Waals surface area contributed by atoms with E-state index in [-0.39, 0.29) is 11.9 Å². The number of thioether (sulfide) groups is 1. The van der Waals surface area contributed by atoms with Crippen LogP contribution in [-0.4, -0.2) is 11.8 Å². The highest BCUT2D eigenvalue weighted by Crippen LogP contribution is 2.38. The normalized spacial score (nSPS) is 21.1. The van der Waals surface area contributed by atoms with Crippen molar-refractivity contribution in [2.75, 3.05) is 5.75 Å². The third-order valence-electron chi connectivity index (χ3n) is 4.51. The van der Waals surface area contributed by atoms with Gasteiger partial charge in [-0.25, -0.2) is 4.39 Å². The maximum atomic E-state index is 13.9. The van der Waals surface area contributed by atoms with Crippen molar-refractivity contribution in [1.29, 1.82) is 0 Å². The van der Waals surface area contributed by atoms with Crippen molar-refractivity contribution in [1.82, 2.24) is 5.32 Å². The highest BCUT2D eigenvalue weighted by Gasteiger charge is 2.28. The molecule has 1 nitrogen and oxygen atoms in total. The lowest BCUT2D eigenvalue weighted by molar-refractivity contribution is 0.425. The maximum absolute atomic E-state index is 13.9. The van der Waals surface area contributed by atoms with Gasteiger partial charge in [-0.2, -0.15) is 0 Å². The molecule has 3 heteroatoms. The van der Waals surface area contributed by atoms with Crippen LogP contribution >= 0.6 is 11.8 Å². The van der Waals surface area contributed by atoms with Crippen LogP contribution in [0.15, 0.2) is 47.4 Å². The van der Waals surface area contributed by atoms with Gasteiger partial charge in [0.05, 0.1) is 0 Å². The highest BCUT2D eigenvalue weighted by molar-refractivity contribution is 7.99. The molecule has 1 atom stereocenters. The van der Waals surface area contributed by atoms with Gasteiger partial charge in [0.1, 0.15) is 5.82 Å². The van der Waals surface area contributed by atoms with Crippen LogP contribution in [0, 0.1) is 5.82 Å². The van der Waals surface area contributed by atoms with Gasteiger partial charge in [-0.3, -0.25) is 0 Å². The Morgan fingerprint density at radius 2 is 1.76 bits per heavy atom. The smallest absolute Gasteiger partial charge is 0.137 e. The van der Waals surface area contributed by atoms with E-state index in [2.05, 4.69) is 35.6 Å². The van der Waals surface area contributed by atoms with E-state index in [1.165, 1.54) is 11.1 Å². The molecule has 0 aromatic heterocycles. The molecule has 21 heavy (non-hydrogen) atoms. The molecule has 2 aromatic rings. The zero-order valence-corrected chi connectivity index (χ0v) is 12.6. The van der Waals surface area contributed by atoms with E-state index in [0.717, 1.165) is 35.5 Å². The minimum atomic E-state index is -0.0706. The minimum absolute atomic E-state index is 0.0706. The van der Waals surface area contributed by atoms with Crippen LogP contribution in [0.3, 0.4) is 0 Å². The molecule has 1 aliphatic carbocycles. The maximum Gasteiger partial charge on any atom is 0.137 e. The molecule has 1 N–H and O–H groups in total. The molecule has 0 saturated heterocycles. The average Bonchev–Trinajstić information content (AvgIpc) is 2.90. The molecule has 0 radical (unpaired) electrons. The zero-order valence-electron chi connectivity index (χ0n) is 11.8. The molecule has 0 saturated carbocycles. The first-order valence-electron chi connectivity index (χ1n) is 7.55. The number of rotatable bonds is 2. The van der Waals surface area contributed by atoms with Gasteiger partial charge in [0, 0.05) is 17.0 Å². The summed E-state index contributed by atoms with van der Waals surface area (Å²) < 4.78 is 13.9. The predicted octanol–water partition coefficient (Wildman–Crippen LogP) is 4.12. The fourth-order valence-corrected chi connectivity index (χ4v) is 4.66. The molecule has 0 fully saturated rings. The summed E-state index contributed by atoms with van der Waals surface area (Å²) in [6.07, 6.45) is 3.25. The summed E-state index contributed by atoms with van der Waals surface area (Å²) in [6, 6.07) is 14.9. The van der Waals surface area contributed by atoms with Crippen LogP contribution < -0.4 is 5.32 Å². The largest absolute Gasteiger partial charge is 0.306 e. The first-order chi connectivity index (χ1) is 10.3. The molecule has 0 amide bonds. The van der Waals surface area contributed by atoms with Crippen LogP contribution in [0.2, 0.25) is 0 Å². The lowest BCUT2D eigenvalue weighted by atomic mass is 10.0. The fraction of sp³-hybridized carbons (Fsp3) is 0.333. The van der Waals surface area contributed by atoms with Crippen LogP contribution in [0.1, 0.15) is 29.2 Å². The van der Waals surface area contributed by atoms with Crippen molar-refractivity contribution in [3.8, 4) is 0 Å². The SMILES string of the molecule is Fc1cccc2c1SCCC2NC1Cc2ccccc2C1. The molecular weight excluding hydrogens is 281 g/mol. The molecule has 108 valence electrons. The summed E-state index contributed by atoms with van der Waals surface area (Å²) in [5, 5.41) is 3.77. The monoisotopic (exact) mass is 299 g/mol. The van der Waals surface area contributed by atoms with Gasteiger partial charge >= 0.3 is 0 Å². The van der Waals surface area contributed by atoms with Gasteiger partial charge < -0.3 is 5.32 Å². The first kappa shape index (κ1) is 13.4. The lowest BCUT2D eigenvalue weighted by Gasteiger charge is -2.29. The van der Waals surface area contributed by atoms with Gasteiger partial charge in [0.15, 0.2) is 0 Å². The molecular formula is C18H18FNS. The summed E-state index contributed by atoms with van der Waals surface area (Å²) in [5.74, 6) is 0.921. The Morgan fingerprint density at radius 3 is 2.52 bits per heavy atom. The van der Waals surface area contributed by atoms with Crippen LogP contribution in [-0.2, 0) is 12.8 Å². The number of halogens is 1. The Morgan fingerprint density at radius 1 is 1.00 bits per heavy atom. The second kappa shape index (κ2) is 5.47. The average molecular weight is 299 g/mol. The summed E-state index contributed by atoms with van der Waals surface area (Å²) in [7, 11) is 0. The lowest BCUT2D eigenvalue weighted by Crippen LogP contribution is -2.35. The third-order valence-corrected chi connectivity index (χ3v) is 5.67. The highest BCUT2D eigenvalue weighted by atomic mass is 32.2. The number of benzene rings is 2. The molecule has 2 aliphatic rings. The van der Waals surface area contributed by atoms with E-state index in [1.54, 1.807) is 17.8 Å². The Kier molecular flexibility index (Phi) is 3.48. The van der Waals surface area contributed by atoms with Crippen molar-refractivity contribution in [3.63, 3.8) is 0 Å². The van der Waals surface area contributed by atoms with E-state index in [0.29, 0.717) is 6.04 Å². The molecule has 2 aromatic carbocycles. The summed E-state index contributed by atoms with van der Waals surface area (Å²) >= 11 is 1.65. The number of nitrogens with one attached hydrogen (secondary N) is 1. The van der Waals surface area contributed by atoms with Crippen molar-refractivity contribution in [2.24, 2.45) is 0 Å². The molecule has 0 spiro atoms. The topological polar surface area (TPSA) is 12.0 Å². The molecule has 1 heterocycles. The van der Waals surface area contributed by atoms with Crippen LogP contribution in [0.25, 0.3) is 0 Å². The quantitative estimate of drug-likeness (QED) is 0.895. The van der Waals surface area contributed by atoms with Crippen LogP contribution in [0.4, 0.5) is 4.39 Å². The van der Waals surface area contributed by atoms with Gasteiger partial charge in [-0.1, -0.05) is 36.4 Å². The number of hydrogen-bond donors (Lipinski definition) is 1. The Hall–Kier alpha value is -1.32. The zero-order chi connectivity index (χ0) is 14.2. The second-order valence-corrected chi connectivity index (χ2v) is 6.99. The van der Waals surface area contributed by atoms with E-state index in [1.807, 2.05) is 6.07 Å². The standard InChI is InChI=1S/C18H18FNS/c19-16-7-3-6-15-17(8-9-21-18(15)16)20-14-10-12-4-1-2-5-13(12)11-14/h1-7,14,17,20H,8-11H2. The number of fused-ring (bicyclic) bond motifs is 2. The van der Waals surface area contributed by atoms with E-state index in [9.17, 15) is 4.39 Å². The third kappa shape index (κ3) is 2.49. The van der Waals surface area contributed by atoms with Crippen molar-refractivity contribution in [3.05, 3.63) is 65.0 Å². The van der Waals surface area contributed by atoms with Gasteiger partial charge in [-0.15, -0.1) is 11.8 Å².